The van der Waals surface area contributed by atoms with Crippen molar-refractivity contribution in [3.05, 3.63) is 0 Å². The summed E-state index contributed by atoms with van der Waals surface area (Å²) in [5, 5.41) is 0. The zero-order chi connectivity index (χ0) is 12.9. The molecule has 0 radical (unpaired) electrons. The van der Waals surface area contributed by atoms with E-state index in [9.17, 15) is 8.42 Å². The van der Waals surface area contributed by atoms with Crippen LogP contribution in [0.3, 0.4) is 0 Å². The fraction of sp³-hybridized carbons (Fsp3) is 1.00. The van der Waals surface area contributed by atoms with Crippen molar-refractivity contribution >= 4 is 21.6 Å². The average molecular weight is 282 g/mol. The molecule has 1 rings (SSSR count). The molecule has 1 aliphatic carbocycles. The third kappa shape index (κ3) is 5.58. The van der Waals surface area contributed by atoms with E-state index >= 15 is 0 Å². The van der Waals surface area contributed by atoms with Crippen LogP contribution in [0.5, 0.6) is 0 Å². The number of rotatable bonds is 6. The molecule has 17 heavy (non-hydrogen) atoms. The Labute approximate surface area is 110 Å². The van der Waals surface area contributed by atoms with E-state index in [1.54, 1.807) is 0 Å². The predicted molar refractivity (Wildman–Crippen MR) is 72.8 cm³/mol. The van der Waals surface area contributed by atoms with Crippen molar-refractivity contribution in [1.29, 1.82) is 0 Å². The molecule has 0 aliphatic heterocycles. The van der Waals surface area contributed by atoms with E-state index in [1.165, 1.54) is 19.3 Å². The van der Waals surface area contributed by atoms with E-state index in [4.69, 9.17) is 11.6 Å². The van der Waals surface area contributed by atoms with Crippen LogP contribution in [0.25, 0.3) is 0 Å². The van der Waals surface area contributed by atoms with Crippen molar-refractivity contribution in [3.63, 3.8) is 0 Å². The monoisotopic (exact) mass is 281 g/mol. The van der Waals surface area contributed by atoms with Crippen LogP contribution in [0, 0.1) is 11.8 Å². The fourth-order valence-corrected chi connectivity index (χ4v) is 4.68. The van der Waals surface area contributed by atoms with Crippen molar-refractivity contribution in [1.82, 2.24) is 4.72 Å². The fourth-order valence-electron chi connectivity index (χ4n) is 2.29. The Balaban J connectivity index is 2.49. The number of hydrogen-bond acceptors (Lipinski definition) is 2. The Morgan fingerprint density at radius 3 is 2.29 bits per heavy atom. The average Bonchev–Trinajstić information content (AvgIpc) is 2.26. The summed E-state index contributed by atoms with van der Waals surface area (Å²) in [6, 6.07) is -0.148. The molecule has 1 unspecified atom stereocenters. The van der Waals surface area contributed by atoms with Crippen LogP contribution in [0.2, 0.25) is 0 Å². The normalized spacial score (nSPS) is 20.7. The predicted octanol–water partition coefficient (Wildman–Crippen LogP) is 2.75. The van der Waals surface area contributed by atoms with Gasteiger partial charge >= 0.3 is 0 Å². The third-order valence-corrected chi connectivity index (χ3v) is 5.39. The summed E-state index contributed by atoms with van der Waals surface area (Å²) >= 11 is 5.78. The molecule has 0 amide bonds. The molecule has 1 atom stereocenters. The summed E-state index contributed by atoms with van der Waals surface area (Å²) in [5.41, 5.74) is 0. The SMILES string of the molecule is CC(C)C(CCl)NS(=O)(=O)CC1CCCCC1. The molecule has 1 fully saturated rings. The lowest BCUT2D eigenvalue weighted by molar-refractivity contribution is 0.381. The van der Waals surface area contributed by atoms with Crippen LogP contribution in [-0.2, 0) is 10.0 Å². The van der Waals surface area contributed by atoms with E-state index in [-0.39, 0.29) is 17.7 Å². The lowest BCUT2D eigenvalue weighted by Gasteiger charge is -2.24. The van der Waals surface area contributed by atoms with Crippen molar-refractivity contribution in [3.8, 4) is 0 Å². The lowest BCUT2D eigenvalue weighted by Crippen LogP contribution is -2.42. The second kappa shape index (κ2) is 6.95. The van der Waals surface area contributed by atoms with Gasteiger partial charge in [-0.2, -0.15) is 0 Å². The van der Waals surface area contributed by atoms with Crippen LogP contribution >= 0.6 is 11.6 Å². The number of nitrogens with one attached hydrogen (secondary N) is 1. The van der Waals surface area contributed by atoms with Crippen LogP contribution in [-0.4, -0.2) is 26.1 Å². The second-order valence-corrected chi connectivity index (χ2v) is 7.52. The van der Waals surface area contributed by atoms with E-state index in [0.29, 0.717) is 11.8 Å². The molecule has 0 saturated heterocycles. The first-order valence-corrected chi connectivity index (χ1v) is 8.69. The van der Waals surface area contributed by atoms with Gasteiger partial charge in [0.2, 0.25) is 10.0 Å². The maximum atomic E-state index is 12.0. The minimum atomic E-state index is -3.17. The van der Waals surface area contributed by atoms with Gasteiger partial charge < -0.3 is 0 Å². The first-order valence-electron chi connectivity index (χ1n) is 6.50. The first-order chi connectivity index (χ1) is 7.94. The molecule has 0 aromatic carbocycles. The van der Waals surface area contributed by atoms with Crippen molar-refractivity contribution < 1.29 is 8.42 Å². The molecule has 0 bridgehead atoms. The molecule has 0 aromatic rings. The highest BCUT2D eigenvalue weighted by Crippen LogP contribution is 2.24. The van der Waals surface area contributed by atoms with Crippen molar-refractivity contribution in [2.75, 3.05) is 11.6 Å². The maximum absolute atomic E-state index is 12.0. The summed E-state index contributed by atoms with van der Waals surface area (Å²) < 4.78 is 26.7. The molecular weight excluding hydrogens is 258 g/mol. The van der Waals surface area contributed by atoms with Crippen LogP contribution in [0.15, 0.2) is 0 Å². The minimum Gasteiger partial charge on any atom is -0.212 e. The lowest BCUT2D eigenvalue weighted by atomic mass is 9.91. The smallest absolute Gasteiger partial charge is 0.212 e. The van der Waals surface area contributed by atoms with Crippen LogP contribution in [0.1, 0.15) is 46.0 Å². The molecule has 3 nitrogen and oxygen atoms in total. The molecular formula is C12H24ClNO2S. The van der Waals surface area contributed by atoms with E-state index in [1.807, 2.05) is 13.8 Å². The van der Waals surface area contributed by atoms with Gasteiger partial charge in [0.15, 0.2) is 0 Å². The second-order valence-electron chi connectivity index (χ2n) is 5.41. The van der Waals surface area contributed by atoms with Crippen LogP contribution < -0.4 is 4.72 Å². The minimum absolute atomic E-state index is 0.148. The first kappa shape index (κ1) is 15.3. The van der Waals surface area contributed by atoms with Gasteiger partial charge in [-0.05, 0) is 24.7 Å². The molecule has 102 valence electrons. The van der Waals surface area contributed by atoms with E-state index < -0.39 is 10.0 Å². The highest BCUT2D eigenvalue weighted by molar-refractivity contribution is 7.89. The summed E-state index contributed by atoms with van der Waals surface area (Å²) in [4.78, 5) is 0. The number of hydrogen-bond donors (Lipinski definition) is 1. The Bertz CT molecular complexity index is 310. The summed E-state index contributed by atoms with van der Waals surface area (Å²) in [6.45, 7) is 3.96. The largest absolute Gasteiger partial charge is 0.212 e. The summed E-state index contributed by atoms with van der Waals surface area (Å²) in [7, 11) is -3.17. The zero-order valence-corrected chi connectivity index (χ0v) is 12.4. The topological polar surface area (TPSA) is 46.2 Å². The molecule has 1 saturated carbocycles. The highest BCUT2D eigenvalue weighted by Gasteiger charge is 2.24. The molecule has 1 aliphatic rings. The molecule has 1 N–H and O–H groups in total. The van der Waals surface area contributed by atoms with Gasteiger partial charge in [0.25, 0.3) is 0 Å². The van der Waals surface area contributed by atoms with Gasteiger partial charge in [0.05, 0.1) is 5.75 Å². The quantitative estimate of drug-likeness (QED) is 0.761. The van der Waals surface area contributed by atoms with Crippen molar-refractivity contribution in [2.24, 2.45) is 11.8 Å². The van der Waals surface area contributed by atoms with Crippen LogP contribution in [0.4, 0.5) is 0 Å². The van der Waals surface area contributed by atoms with Gasteiger partial charge in [-0.15, -0.1) is 11.6 Å². The summed E-state index contributed by atoms with van der Waals surface area (Å²) in [6.07, 6.45) is 5.69. The molecule has 5 heteroatoms. The Hall–Kier alpha value is 0.200. The Kier molecular flexibility index (Phi) is 6.24. The van der Waals surface area contributed by atoms with Gasteiger partial charge in [-0.25, -0.2) is 13.1 Å². The Morgan fingerprint density at radius 2 is 1.82 bits per heavy atom. The maximum Gasteiger partial charge on any atom is 0.212 e. The van der Waals surface area contributed by atoms with Crippen molar-refractivity contribution in [2.45, 2.75) is 52.0 Å². The molecule has 0 heterocycles. The highest BCUT2D eigenvalue weighted by atomic mass is 35.5. The molecule has 0 aromatic heterocycles. The number of sulfonamides is 1. The van der Waals surface area contributed by atoms with E-state index in [2.05, 4.69) is 4.72 Å². The zero-order valence-electron chi connectivity index (χ0n) is 10.8. The number of halogens is 1. The number of alkyl halides is 1. The van der Waals surface area contributed by atoms with Gasteiger partial charge in [-0.1, -0.05) is 33.1 Å². The van der Waals surface area contributed by atoms with Gasteiger partial charge in [0.1, 0.15) is 0 Å². The third-order valence-electron chi connectivity index (χ3n) is 3.48. The Morgan fingerprint density at radius 1 is 1.24 bits per heavy atom. The van der Waals surface area contributed by atoms with Gasteiger partial charge in [0, 0.05) is 11.9 Å². The molecule has 0 spiro atoms. The van der Waals surface area contributed by atoms with Gasteiger partial charge in [-0.3, -0.25) is 0 Å². The van der Waals surface area contributed by atoms with E-state index in [0.717, 1.165) is 12.8 Å². The standard InChI is InChI=1S/C12H24ClNO2S/c1-10(2)12(8-13)14-17(15,16)9-11-6-4-3-5-7-11/h10-12,14H,3-9H2,1-2H3. The summed E-state index contributed by atoms with van der Waals surface area (Å²) in [5.74, 6) is 1.17.